The maximum Gasteiger partial charge on any atom is 0.290 e. The van der Waals surface area contributed by atoms with Gasteiger partial charge in [0.05, 0.1) is 16.3 Å². The Balaban J connectivity index is 0.982. The molecule has 4 heterocycles. The average Bonchev–Trinajstić information content (AvgIpc) is 3.40. The predicted molar refractivity (Wildman–Crippen MR) is 175 cm³/mol. The summed E-state index contributed by atoms with van der Waals surface area (Å²) in [6.07, 6.45) is 7.14. The molecule has 3 N–H and O–H groups in total. The second-order valence-electron chi connectivity index (χ2n) is 11.0. The van der Waals surface area contributed by atoms with E-state index in [1.54, 1.807) is 18.3 Å². The number of imide groups is 1. The van der Waals surface area contributed by atoms with E-state index in [4.69, 9.17) is 0 Å². The Labute approximate surface area is 265 Å². The largest absolute Gasteiger partial charge is 0.348 e. The summed E-state index contributed by atoms with van der Waals surface area (Å²) in [5.41, 5.74) is 5.12. The predicted octanol–water partition coefficient (Wildman–Crippen LogP) is 4.80. The van der Waals surface area contributed by atoms with Crippen molar-refractivity contribution >= 4 is 40.8 Å². The van der Waals surface area contributed by atoms with Gasteiger partial charge in [0.15, 0.2) is 0 Å². The summed E-state index contributed by atoms with van der Waals surface area (Å²) in [6.45, 7) is 3.78. The van der Waals surface area contributed by atoms with Gasteiger partial charge < -0.3 is 15.5 Å². The molecule has 0 aliphatic carbocycles. The third kappa shape index (κ3) is 8.00. The second-order valence-corrected chi connectivity index (χ2v) is 12.0. The second kappa shape index (κ2) is 14.3. The first-order valence-electron chi connectivity index (χ1n) is 14.9. The zero-order valence-electron chi connectivity index (χ0n) is 24.6. The smallest absolute Gasteiger partial charge is 0.290 e. The maximum atomic E-state index is 12.8. The lowest BCUT2D eigenvalue weighted by Crippen LogP contribution is -2.38. The van der Waals surface area contributed by atoms with E-state index < -0.39 is 5.91 Å². The Morgan fingerprint density at radius 1 is 0.933 bits per heavy atom. The number of rotatable bonds is 10. The van der Waals surface area contributed by atoms with Crippen LogP contribution in [0.2, 0.25) is 0 Å². The number of thioether (sulfide) groups is 1. The molecule has 0 spiro atoms. The van der Waals surface area contributed by atoms with Gasteiger partial charge in [-0.25, -0.2) is 9.97 Å². The minimum Gasteiger partial charge on any atom is -0.348 e. The first-order valence-corrected chi connectivity index (χ1v) is 15.7. The molecule has 11 heteroatoms. The molecule has 2 aliphatic rings. The molecule has 228 valence electrons. The van der Waals surface area contributed by atoms with Gasteiger partial charge in [-0.1, -0.05) is 42.5 Å². The number of aromatic nitrogens is 3. The van der Waals surface area contributed by atoms with Crippen molar-refractivity contribution in [3.63, 3.8) is 0 Å². The minimum atomic E-state index is -0.394. The van der Waals surface area contributed by atoms with Gasteiger partial charge in [-0.2, -0.15) is 0 Å². The van der Waals surface area contributed by atoms with Gasteiger partial charge in [0, 0.05) is 49.7 Å². The van der Waals surface area contributed by atoms with E-state index in [1.165, 1.54) is 0 Å². The molecule has 2 saturated heterocycles. The first-order chi connectivity index (χ1) is 22.0. The van der Waals surface area contributed by atoms with E-state index in [-0.39, 0.29) is 11.1 Å². The molecular weight excluding hydrogens is 586 g/mol. The lowest BCUT2D eigenvalue weighted by Gasteiger charge is -2.32. The third-order valence-electron chi connectivity index (χ3n) is 7.79. The number of hydrogen-bond donors (Lipinski definition) is 3. The van der Waals surface area contributed by atoms with Crippen molar-refractivity contribution in [1.29, 1.82) is 0 Å². The van der Waals surface area contributed by atoms with Crippen LogP contribution in [0.4, 0.5) is 10.7 Å². The van der Waals surface area contributed by atoms with Crippen molar-refractivity contribution in [2.75, 3.05) is 24.5 Å². The quantitative estimate of drug-likeness (QED) is 0.215. The van der Waals surface area contributed by atoms with Crippen LogP contribution in [0.1, 0.15) is 40.0 Å². The highest BCUT2D eigenvalue weighted by Crippen LogP contribution is 2.26. The van der Waals surface area contributed by atoms with E-state index in [0.29, 0.717) is 34.6 Å². The molecule has 4 aromatic rings. The zero-order chi connectivity index (χ0) is 31.0. The normalized spacial score (nSPS) is 16.2. The fourth-order valence-corrected chi connectivity index (χ4v) is 6.02. The van der Waals surface area contributed by atoms with Crippen molar-refractivity contribution in [2.45, 2.75) is 25.9 Å². The van der Waals surface area contributed by atoms with E-state index >= 15 is 0 Å². The lowest BCUT2D eigenvalue weighted by molar-refractivity contribution is -0.115. The zero-order valence-corrected chi connectivity index (χ0v) is 25.4. The van der Waals surface area contributed by atoms with Crippen molar-refractivity contribution in [2.24, 2.45) is 5.92 Å². The fraction of sp³-hybridized carbons (Fsp3) is 0.235. The van der Waals surface area contributed by atoms with Crippen LogP contribution in [-0.2, 0) is 17.9 Å². The van der Waals surface area contributed by atoms with E-state index in [0.717, 1.165) is 73.2 Å². The number of pyridine rings is 1. The van der Waals surface area contributed by atoms with Crippen molar-refractivity contribution < 1.29 is 14.4 Å². The van der Waals surface area contributed by atoms with Gasteiger partial charge in [-0.05, 0) is 84.6 Å². The summed E-state index contributed by atoms with van der Waals surface area (Å²) in [6, 6.07) is 23.2. The molecule has 0 atom stereocenters. The minimum absolute atomic E-state index is 0.115. The Morgan fingerprint density at radius 2 is 1.76 bits per heavy atom. The van der Waals surface area contributed by atoms with Crippen LogP contribution in [0.3, 0.4) is 0 Å². The number of carbonyl (C=O) groups is 3. The van der Waals surface area contributed by atoms with Gasteiger partial charge in [0.1, 0.15) is 0 Å². The van der Waals surface area contributed by atoms with Gasteiger partial charge >= 0.3 is 0 Å². The van der Waals surface area contributed by atoms with E-state index in [2.05, 4.69) is 41.9 Å². The van der Waals surface area contributed by atoms with Crippen LogP contribution in [0.5, 0.6) is 0 Å². The molecule has 0 bridgehead atoms. The topological polar surface area (TPSA) is 129 Å². The van der Waals surface area contributed by atoms with E-state index in [9.17, 15) is 14.4 Å². The molecular formula is C34H33N7O3S. The Kier molecular flexibility index (Phi) is 9.57. The highest BCUT2D eigenvalue weighted by molar-refractivity contribution is 8.18. The standard InChI is InChI=1S/C34H33N7O3S/c42-31(38-22-23-5-2-1-3-6-23)27-8-4-7-26(18-27)29-17-25(9-13-36-29)21-35-20-24-11-15-41(16-12-24)33-37-14-10-28(39-33)19-30-32(43)40-34(44)45-30/h1-10,13-14,17-19,24,35H,11-12,15-16,20-22H2,(H,38,42)(H,40,43,44)/b30-19-. The number of benzene rings is 2. The number of amides is 3. The van der Waals surface area contributed by atoms with Crippen LogP contribution < -0.4 is 20.9 Å². The lowest BCUT2D eigenvalue weighted by atomic mass is 9.97. The van der Waals surface area contributed by atoms with Crippen LogP contribution >= 0.6 is 11.8 Å². The first kappa shape index (κ1) is 30.2. The van der Waals surface area contributed by atoms with Crippen molar-refractivity contribution in [3.05, 3.63) is 112 Å². The molecule has 6 rings (SSSR count). The molecule has 0 unspecified atom stereocenters. The molecule has 2 aromatic heterocycles. The van der Waals surface area contributed by atoms with Crippen molar-refractivity contribution in [3.8, 4) is 11.3 Å². The fourth-order valence-electron chi connectivity index (χ4n) is 5.35. The number of nitrogens with zero attached hydrogens (tertiary/aromatic N) is 4. The Hall–Kier alpha value is -4.87. The number of hydrogen-bond acceptors (Lipinski definition) is 9. The van der Waals surface area contributed by atoms with Crippen LogP contribution in [0.15, 0.2) is 90.1 Å². The van der Waals surface area contributed by atoms with Gasteiger partial charge in [0.2, 0.25) is 5.95 Å². The number of anilines is 1. The third-order valence-corrected chi connectivity index (χ3v) is 8.60. The number of nitrogens with one attached hydrogen (secondary N) is 3. The molecule has 3 amide bonds. The number of piperidine rings is 1. The number of carbonyl (C=O) groups excluding carboxylic acids is 3. The van der Waals surface area contributed by atoms with Gasteiger partial charge in [-0.15, -0.1) is 0 Å². The van der Waals surface area contributed by atoms with Crippen LogP contribution in [0, 0.1) is 5.92 Å². The Morgan fingerprint density at radius 3 is 2.56 bits per heavy atom. The van der Waals surface area contributed by atoms with Crippen LogP contribution in [0.25, 0.3) is 17.3 Å². The maximum absolute atomic E-state index is 12.8. The van der Waals surface area contributed by atoms with Gasteiger partial charge in [0.25, 0.3) is 17.1 Å². The monoisotopic (exact) mass is 619 g/mol. The molecule has 45 heavy (non-hydrogen) atoms. The molecule has 10 nitrogen and oxygen atoms in total. The summed E-state index contributed by atoms with van der Waals surface area (Å²) >= 11 is 0.881. The van der Waals surface area contributed by atoms with Crippen molar-refractivity contribution in [1.82, 2.24) is 30.9 Å². The van der Waals surface area contributed by atoms with E-state index in [1.807, 2.05) is 66.9 Å². The summed E-state index contributed by atoms with van der Waals surface area (Å²) < 4.78 is 0. The summed E-state index contributed by atoms with van der Waals surface area (Å²) in [4.78, 5) is 52.2. The Bertz CT molecular complexity index is 1720. The molecule has 2 fully saturated rings. The molecule has 0 saturated carbocycles. The summed E-state index contributed by atoms with van der Waals surface area (Å²) in [7, 11) is 0. The summed E-state index contributed by atoms with van der Waals surface area (Å²) in [5.74, 6) is 0.655. The molecule has 2 aliphatic heterocycles. The molecule has 0 radical (unpaired) electrons. The van der Waals surface area contributed by atoms with Crippen LogP contribution in [-0.4, -0.2) is 51.6 Å². The SMILES string of the molecule is O=C1NC(=O)/C(=C/c2ccnc(N3CCC(CNCc4ccnc(-c5cccc(C(=O)NCc6ccccc6)c5)c4)CC3)n2)S1. The summed E-state index contributed by atoms with van der Waals surface area (Å²) in [5, 5.41) is 8.49. The average molecular weight is 620 g/mol. The van der Waals surface area contributed by atoms with Gasteiger partial charge in [-0.3, -0.25) is 24.7 Å². The highest BCUT2D eigenvalue weighted by Gasteiger charge is 2.26. The highest BCUT2D eigenvalue weighted by atomic mass is 32.2. The molecule has 2 aromatic carbocycles.